The van der Waals surface area contributed by atoms with Gasteiger partial charge in [0.1, 0.15) is 11.9 Å². The Labute approximate surface area is 118 Å². The maximum Gasteiger partial charge on any atom is 0.162 e. The van der Waals surface area contributed by atoms with Gasteiger partial charge >= 0.3 is 0 Å². The third-order valence-electron chi connectivity index (χ3n) is 4.46. The van der Waals surface area contributed by atoms with Crippen molar-refractivity contribution in [2.45, 2.75) is 51.2 Å². The van der Waals surface area contributed by atoms with E-state index in [0.717, 1.165) is 11.4 Å². The van der Waals surface area contributed by atoms with Gasteiger partial charge in [0.25, 0.3) is 0 Å². The Balaban J connectivity index is 2.09. The molecule has 1 fully saturated rings. The summed E-state index contributed by atoms with van der Waals surface area (Å²) in [6.45, 7) is 8.20. The van der Waals surface area contributed by atoms with Crippen molar-refractivity contribution < 1.29 is 9.47 Å². The van der Waals surface area contributed by atoms with E-state index in [2.05, 4.69) is 18.8 Å². The van der Waals surface area contributed by atoms with Crippen LogP contribution in [0.15, 0.2) is 12.3 Å². The zero-order valence-electron chi connectivity index (χ0n) is 11.9. The van der Waals surface area contributed by atoms with Crippen molar-refractivity contribution in [3.05, 3.63) is 22.8 Å². The summed E-state index contributed by atoms with van der Waals surface area (Å²) in [5.74, 6) is 0.844. The molecule has 3 heterocycles. The number of hydrogen-bond donors (Lipinski definition) is 0. The summed E-state index contributed by atoms with van der Waals surface area (Å²) in [5, 5.41) is 0.684. The van der Waals surface area contributed by atoms with Gasteiger partial charge in [-0.1, -0.05) is 11.6 Å². The lowest BCUT2D eigenvalue weighted by molar-refractivity contribution is -0.292. The van der Waals surface area contributed by atoms with Crippen molar-refractivity contribution in [2.24, 2.45) is 0 Å². The molecule has 19 heavy (non-hydrogen) atoms. The molecule has 3 rings (SSSR count). The first-order chi connectivity index (χ1) is 8.74. The van der Waals surface area contributed by atoms with E-state index >= 15 is 0 Å². The maximum atomic E-state index is 6.32. The molecule has 0 aromatic carbocycles. The quantitative estimate of drug-likeness (QED) is 0.732. The molecule has 104 valence electrons. The Bertz CT molecular complexity index is 530. The number of pyridine rings is 1. The molecule has 4 nitrogen and oxygen atoms in total. The summed E-state index contributed by atoms with van der Waals surface area (Å²) in [5.41, 5.74) is 0.160. The average Bonchev–Trinajstić information content (AvgIpc) is 2.54. The largest absolute Gasteiger partial charge is 0.360 e. The summed E-state index contributed by atoms with van der Waals surface area (Å²) >= 11 is 6.32. The van der Waals surface area contributed by atoms with E-state index in [4.69, 9.17) is 21.1 Å². The van der Waals surface area contributed by atoms with Gasteiger partial charge in [-0.25, -0.2) is 4.98 Å². The number of hydrogen-bond acceptors (Lipinski definition) is 4. The molecule has 0 N–H and O–H groups in total. The van der Waals surface area contributed by atoms with Crippen LogP contribution < -0.4 is 4.90 Å². The normalized spacial score (nSPS) is 30.9. The predicted octanol–water partition coefficient (Wildman–Crippen LogP) is 3.16. The number of rotatable bonds is 0. The molecular formula is C14H19ClN2O2. The fourth-order valence-electron chi connectivity index (χ4n) is 2.61. The molecule has 0 aliphatic carbocycles. The first kappa shape index (κ1) is 13.2. The van der Waals surface area contributed by atoms with Crippen molar-refractivity contribution in [2.75, 3.05) is 11.9 Å². The Morgan fingerprint density at radius 3 is 2.53 bits per heavy atom. The first-order valence-electron chi connectivity index (χ1n) is 6.47. The molecule has 2 aliphatic heterocycles. The van der Waals surface area contributed by atoms with Crippen molar-refractivity contribution in [1.29, 1.82) is 0 Å². The molecule has 2 aliphatic rings. The van der Waals surface area contributed by atoms with Gasteiger partial charge in [0, 0.05) is 18.8 Å². The van der Waals surface area contributed by atoms with Crippen LogP contribution in [0.3, 0.4) is 0 Å². The van der Waals surface area contributed by atoms with E-state index in [1.165, 1.54) is 0 Å². The number of ether oxygens (including phenoxy) is 2. The second-order valence-electron chi connectivity index (χ2n) is 6.21. The molecular weight excluding hydrogens is 264 g/mol. The van der Waals surface area contributed by atoms with Crippen LogP contribution in [0.25, 0.3) is 0 Å². The van der Waals surface area contributed by atoms with Crippen LogP contribution in [0.5, 0.6) is 0 Å². The molecule has 2 unspecified atom stereocenters. The topological polar surface area (TPSA) is 34.6 Å². The summed E-state index contributed by atoms with van der Waals surface area (Å²) < 4.78 is 12.6. The first-order valence-corrected chi connectivity index (χ1v) is 6.85. The zero-order valence-corrected chi connectivity index (χ0v) is 12.7. The monoisotopic (exact) mass is 282 g/mol. The molecule has 1 aromatic rings. The number of likely N-dealkylation sites (N-methyl/N-ethyl adjacent to an activating group) is 1. The van der Waals surface area contributed by atoms with Gasteiger partial charge in [0.2, 0.25) is 0 Å². The predicted molar refractivity (Wildman–Crippen MR) is 74.5 cm³/mol. The van der Waals surface area contributed by atoms with Crippen LogP contribution in [-0.4, -0.2) is 29.5 Å². The van der Waals surface area contributed by atoms with Crippen LogP contribution in [0.2, 0.25) is 5.02 Å². The highest BCUT2D eigenvalue weighted by Crippen LogP contribution is 2.51. The Morgan fingerprint density at radius 2 is 1.84 bits per heavy atom. The van der Waals surface area contributed by atoms with Crippen molar-refractivity contribution >= 4 is 17.4 Å². The highest BCUT2D eigenvalue weighted by molar-refractivity contribution is 6.31. The molecule has 1 saturated heterocycles. The number of anilines is 1. The van der Waals surface area contributed by atoms with Crippen LogP contribution >= 0.6 is 11.6 Å². The molecule has 0 radical (unpaired) electrons. The minimum absolute atomic E-state index is 0.176. The minimum atomic E-state index is -0.393. The van der Waals surface area contributed by atoms with Gasteiger partial charge in [-0.15, -0.1) is 0 Å². The van der Waals surface area contributed by atoms with Crippen LogP contribution in [0.1, 0.15) is 39.4 Å². The SMILES string of the molecule is CN1c2nccc(Cl)c2C2OC(C)(C)C(C)(C)OC21. The second kappa shape index (κ2) is 3.84. The fraction of sp³-hybridized carbons (Fsp3) is 0.643. The van der Waals surface area contributed by atoms with E-state index in [0.29, 0.717) is 5.02 Å². The van der Waals surface area contributed by atoms with E-state index < -0.39 is 5.60 Å². The van der Waals surface area contributed by atoms with E-state index in [-0.39, 0.29) is 17.9 Å². The fourth-order valence-corrected chi connectivity index (χ4v) is 2.86. The Hall–Kier alpha value is -0.840. The van der Waals surface area contributed by atoms with Gasteiger partial charge in [-0.05, 0) is 33.8 Å². The lowest BCUT2D eigenvalue weighted by atomic mass is 9.87. The summed E-state index contributed by atoms with van der Waals surface area (Å²) in [4.78, 5) is 6.41. The second-order valence-corrected chi connectivity index (χ2v) is 6.62. The van der Waals surface area contributed by atoms with E-state index in [9.17, 15) is 0 Å². The van der Waals surface area contributed by atoms with E-state index in [1.807, 2.05) is 25.8 Å². The smallest absolute Gasteiger partial charge is 0.162 e. The molecule has 2 atom stereocenters. The highest BCUT2D eigenvalue weighted by Gasteiger charge is 2.55. The number of halogens is 1. The Kier molecular flexibility index (Phi) is 2.66. The molecule has 0 saturated carbocycles. The number of fused-ring (bicyclic) bond motifs is 3. The van der Waals surface area contributed by atoms with Crippen molar-refractivity contribution in [1.82, 2.24) is 4.98 Å². The summed E-state index contributed by atoms with van der Waals surface area (Å²) in [7, 11) is 1.96. The minimum Gasteiger partial charge on any atom is -0.360 e. The number of aromatic nitrogens is 1. The molecule has 0 bridgehead atoms. The molecule has 0 amide bonds. The van der Waals surface area contributed by atoms with Gasteiger partial charge in [0.15, 0.2) is 6.23 Å². The van der Waals surface area contributed by atoms with Crippen molar-refractivity contribution in [3.63, 3.8) is 0 Å². The van der Waals surface area contributed by atoms with Gasteiger partial charge in [0.05, 0.1) is 16.2 Å². The van der Waals surface area contributed by atoms with Crippen LogP contribution in [-0.2, 0) is 9.47 Å². The van der Waals surface area contributed by atoms with Gasteiger partial charge in [-0.3, -0.25) is 0 Å². The van der Waals surface area contributed by atoms with Crippen LogP contribution in [0.4, 0.5) is 5.82 Å². The standard InChI is InChI=1S/C14H19ClN2O2/c1-13(2)14(3,4)19-12-10(18-13)9-8(15)6-7-16-11(9)17(12)5/h6-7,10,12H,1-5H3. The average molecular weight is 283 g/mol. The summed E-state index contributed by atoms with van der Waals surface area (Å²) in [6, 6.07) is 1.80. The lowest BCUT2D eigenvalue weighted by Gasteiger charge is -2.50. The van der Waals surface area contributed by atoms with Gasteiger partial charge < -0.3 is 14.4 Å². The van der Waals surface area contributed by atoms with E-state index in [1.54, 1.807) is 12.3 Å². The maximum absolute atomic E-state index is 6.32. The summed E-state index contributed by atoms with van der Waals surface area (Å²) in [6.07, 6.45) is 1.35. The zero-order chi connectivity index (χ0) is 14.0. The van der Waals surface area contributed by atoms with Gasteiger partial charge in [-0.2, -0.15) is 0 Å². The highest BCUT2D eigenvalue weighted by atomic mass is 35.5. The number of nitrogens with zero attached hydrogens (tertiary/aromatic N) is 2. The third kappa shape index (κ3) is 1.70. The molecule has 5 heteroatoms. The molecule has 1 aromatic heterocycles. The molecule has 0 spiro atoms. The van der Waals surface area contributed by atoms with Crippen LogP contribution in [0, 0.1) is 0 Å². The Morgan fingerprint density at radius 1 is 1.21 bits per heavy atom. The lowest BCUT2D eigenvalue weighted by Crippen LogP contribution is -2.59. The third-order valence-corrected chi connectivity index (χ3v) is 4.79. The van der Waals surface area contributed by atoms with Crippen molar-refractivity contribution in [3.8, 4) is 0 Å².